The van der Waals surface area contributed by atoms with Crippen LogP contribution >= 0.6 is 0 Å². The maximum Gasteiger partial charge on any atom is 0.364 e. The fourth-order valence-corrected chi connectivity index (χ4v) is 15.2. The van der Waals surface area contributed by atoms with Gasteiger partial charge in [0.2, 0.25) is 23.6 Å². The van der Waals surface area contributed by atoms with Crippen molar-refractivity contribution in [2.75, 3.05) is 46.2 Å². The second-order valence-electron chi connectivity index (χ2n) is 32.3. The number of allylic oxidation sites excluding steroid dienone is 1. The molecule has 0 aromatic rings. The fraction of sp³-hybridized carbons (Fsp3) is 0.887. The number of ether oxygens (including phenoxy) is 8. The first kappa shape index (κ1) is 106. The predicted octanol–water partition coefficient (Wildman–Crippen LogP) is -1.59. The van der Waals surface area contributed by atoms with Crippen molar-refractivity contribution in [1.82, 2.24) is 21.3 Å². The van der Waals surface area contributed by atoms with E-state index in [-0.39, 0.29) is 6.42 Å². The van der Waals surface area contributed by atoms with E-state index < -0.39 is 265 Å². The standard InChI is InChI=1S/C80H142N4O35/c1-5-7-8-9-10-11-12-13-14-15-16-17-18-19-20-21-22-27-30-33-36-51(91)73(105)82-49(50(90)35-32-29-26-24-23-25-28-31-34-47(3)6-2)44-112-74-69(104)68(103)67(102)58(115-74)45-113-79(76(108)109)39-57(63(81-48(4)89)72(118-79)66(101)56(96)42-87)116-80(77(110)111)38-53(93)62(71(119-80)65(100)55(95)41-86)84-60(98)46-114-78(75(106)107)37-52(92)61(83-59(97)43-88)70(117-78)64(99)54(94)40-85/h32,35,47,49-58,61-72,74,85-88,90-96,99-104H,5-31,33-34,36-46H2,1-4H3,(H,81,89)(H,82,105)(H,83,97)(H,84,98)(H,106,107)(H,108,109)(H,110,111)/b35-32+/t47?,49?,50?,51?,52-,53-,54+,55+,56+,57-,58+,61+,62+,63+,64+,65+,66+,67+,68-,69+,70+,71+,72+,74?,78?,79?,80?/m0/s1. The summed E-state index contributed by atoms with van der Waals surface area (Å²) < 4.78 is 46.3. The van der Waals surface area contributed by atoms with E-state index in [1.54, 1.807) is 6.08 Å². The number of hydrogen-bond donors (Lipinski definition) is 24. The highest BCUT2D eigenvalue weighted by Gasteiger charge is 2.63. The highest BCUT2D eigenvalue weighted by molar-refractivity contribution is 5.82. The maximum atomic E-state index is 13.9. The van der Waals surface area contributed by atoms with Crippen LogP contribution in [-0.4, -0.2) is 348 Å². The number of amides is 4. The Bertz CT molecular complexity index is 2950. The van der Waals surface area contributed by atoms with E-state index in [0.717, 1.165) is 90.4 Å². The number of carbonyl (C=O) groups excluding carboxylic acids is 4. The van der Waals surface area contributed by atoms with Gasteiger partial charge in [-0.3, -0.25) is 19.2 Å². The number of hydrogen-bond acceptors (Lipinski definition) is 32. The minimum absolute atomic E-state index is 0.0757. The molecule has 4 amide bonds. The summed E-state index contributed by atoms with van der Waals surface area (Å²) in [5.41, 5.74) is 0. The van der Waals surface area contributed by atoms with Crippen molar-refractivity contribution in [3.8, 4) is 0 Å². The molecule has 4 aliphatic rings. The predicted molar refractivity (Wildman–Crippen MR) is 419 cm³/mol. The molecule has 119 heavy (non-hydrogen) atoms. The van der Waals surface area contributed by atoms with Crippen LogP contribution in [0.5, 0.6) is 0 Å². The van der Waals surface area contributed by atoms with E-state index in [4.69, 9.17) is 37.9 Å². The Hall–Kier alpha value is -4.97. The van der Waals surface area contributed by atoms with Crippen LogP contribution in [0.3, 0.4) is 0 Å². The second kappa shape index (κ2) is 55.4. The monoisotopic (exact) mass is 1720 g/mol. The Morgan fingerprint density at radius 1 is 0.496 bits per heavy atom. The zero-order valence-corrected chi connectivity index (χ0v) is 69.4. The molecular weight excluding hydrogens is 1580 g/mol. The Balaban J connectivity index is 1.57. The molecule has 4 saturated heterocycles. The van der Waals surface area contributed by atoms with E-state index in [9.17, 15) is 136 Å². The van der Waals surface area contributed by atoms with Crippen molar-refractivity contribution in [3.05, 3.63) is 12.2 Å². The first-order chi connectivity index (χ1) is 56.6. The van der Waals surface area contributed by atoms with Crippen molar-refractivity contribution in [2.24, 2.45) is 5.92 Å². The Morgan fingerprint density at radius 3 is 1.36 bits per heavy atom. The zero-order chi connectivity index (χ0) is 88.6. The summed E-state index contributed by atoms with van der Waals surface area (Å²) in [6, 6.07) is -7.57. The molecule has 39 heteroatoms. The third kappa shape index (κ3) is 34.1. The number of aliphatic hydroxyl groups is 17. The van der Waals surface area contributed by atoms with Gasteiger partial charge in [0.15, 0.2) is 6.29 Å². The molecule has 0 saturated carbocycles. The first-order valence-electron chi connectivity index (χ1n) is 42.6. The fourth-order valence-electron chi connectivity index (χ4n) is 15.2. The van der Waals surface area contributed by atoms with E-state index in [1.807, 2.05) is 0 Å². The molecule has 8 unspecified atom stereocenters. The number of aliphatic hydroxyl groups excluding tert-OH is 17. The summed E-state index contributed by atoms with van der Waals surface area (Å²) >= 11 is 0. The number of unbranched alkanes of at least 4 members (excludes halogenated alkanes) is 25. The van der Waals surface area contributed by atoms with Crippen LogP contribution in [-0.2, 0) is 71.5 Å². The molecule has 4 fully saturated rings. The van der Waals surface area contributed by atoms with Gasteiger partial charge < -0.3 is 161 Å². The number of nitrogens with one attached hydrogen (secondary N) is 4. The van der Waals surface area contributed by atoms with Crippen molar-refractivity contribution in [1.29, 1.82) is 0 Å². The largest absolute Gasteiger partial charge is 0.477 e. The van der Waals surface area contributed by atoms with E-state index in [0.29, 0.717) is 18.8 Å². The van der Waals surface area contributed by atoms with Crippen LogP contribution in [0.1, 0.15) is 240 Å². The van der Waals surface area contributed by atoms with E-state index in [1.165, 1.54) is 96.0 Å². The SMILES string of the molecule is CCCCCCCCCCCCCCCCCCCCCCC(O)C(=O)NC(COC1O[C@H](COC2(C(=O)O)C[C@H](OC3(C(=O)O)C[C@H](O)[C@@H](NC(=O)COC4(C(=O)O)C[C@H](O)[C@@H](NC(=O)CO)[C@H]([C@H](O)[C@H](O)CO)O4)[C@H]([C@H](O)[C@H](O)CO)O3)[C@@H](NC(C)=O)[C@H]([C@H](O)[C@H](O)CO)O2)[C@@H](O)[C@H](O)[C@H]1O)C(O)/C=C/CCCCCCCCC(C)CC. The topological polar surface area (TPSA) is 646 Å². The van der Waals surface area contributed by atoms with Gasteiger partial charge in [0.1, 0.15) is 98.7 Å². The number of carbonyl (C=O) groups is 7. The second-order valence-corrected chi connectivity index (χ2v) is 32.3. The van der Waals surface area contributed by atoms with Crippen molar-refractivity contribution in [3.63, 3.8) is 0 Å². The van der Waals surface area contributed by atoms with Gasteiger partial charge in [0.25, 0.3) is 17.4 Å². The molecule has 692 valence electrons. The maximum absolute atomic E-state index is 13.9. The van der Waals surface area contributed by atoms with Gasteiger partial charge in [-0.25, -0.2) is 14.4 Å². The lowest BCUT2D eigenvalue weighted by Gasteiger charge is -2.52. The van der Waals surface area contributed by atoms with Crippen LogP contribution in [0.4, 0.5) is 0 Å². The normalized spacial score (nSPS) is 29.9. The molecule has 39 nitrogen and oxygen atoms in total. The van der Waals surface area contributed by atoms with E-state index >= 15 is 0 Å². The van der Waals surface area contributed by atoms with Gasteiger partial charge in [-0.1, -0.05) is 206 Å². The summed E-state index contributed by atoms with van der Waals surface area (Å²) in [5.74, 6) is -20.8. The van der Waals surface area contributed by atoms with Gasteiger partial charge in [0, 0.05) is 26.2 Å². The molecule has 0 spiro atoms. The van der Waals surface area contributed by atoms with Gasteiger partial charge in [-0.05, 0) is 25.2 Å². The number of carboxylic acid groups (broad SMARTS) is 3. The number of carboxylic acids is 3. The smallest absolute Gasteiger partial charge is 0.364 e. The lowest BCUT2D eigenvalue weighted by atomic mass is 9.86. The van der Waals surface area contributed by atoms with Crippen LogP contribution in [0.25, 0.3) is 0 Å². The van der Waals surface area contributed by atoms with Crippen LogP contribution in [0, 0.1) is 5.92 Å². The molecule has 24 N–H and O–H groups in total. The minimum atomic E-state index is -3.55. The molecular formula is C80H142N4O35. The summed E-state index contributed by atoms with van der Waals surface area (Å²) in [5, 5.41) is 227. The third-order valence-corrected chi connectivity index (χ3v) is 22.7. The van der Waals surface area contributed by atoms with Crippen LogP contribution < -0.4 is 21.3 Å². The van der Waals surface area contributed by atoms with Gasteiger partial charge in [-0.15, -0.1) is 0 Å². The summed E-state index contributed by atoms with van der Waals surface area (Å²) in [7, 11) is 0. The zero-order valence-electron chi connectivity index (χ0n) is 69.4. The van der Waals surface area contributed by atoms with Crippen molar-refractivity contribution >= 4 is 41.5 Å². The average molecular weight is 1720 g/mol. The van der Waals surface area contributed by atoms with Crippen LogP contribution in [0.15, 0.2) is 12.2 Å². The lowest BCUT2D eigenvalue weighted by Crippen LogP contribution is -2.72. The Kier molecular flexibility index (Phi) is 49.5. The summed E-state index contributed by atoms with van der Waals surface area (Å²) in [4.78, 5) is 93.6. The quantitative estimate of drug-likeness (QED) is 0.0241. The molecule has 4 heterocycles. The summed E-state index contributed by atoms with van der Waals surface area (Å²) in [6.07, 6.45) is -10.8. The molecule has 4 aliphatic heterocycles. The van der Waals surface area contributed by atoms with Crippen molar-refractivity contribution in [2.45, 2.75) is 397 Å². The van der Waals surface area contributed by atoms with Crippen LogP contribution in [0.2, 0.25) is 0 Å². The van der Waals surface area contributed by atoms with Gasteiger partial charge in [0.05, 0.1) is 81.6 Å². The third-order valence-electron chi connectivity index (χ3n) is 22.7. The molecule has 0 aliphatic carbocycles. The Morgan fingerprint density at radius 2 is 0.916 bits per heavy atom. The van der Waals surface area contributed by atoms with Gasteiger partial charge in [-0.2, -0.15) is 0 Å². The number of rotatable bonds is 62. The van der Waals surface area contributed by atoms with E-state index in [2.05, 4.69) is 42.0 Å². The molecule has 0 bridgehead atoms. The summed E-state index contributed by atoms with van der Waals surface area (Å²) in [6.45, 7) is -1.15. The van der Waals surface area contributed by atoms with Crippen molar-refractivity contribution < 1.29 is 174 Å². The lowest BCUT2D eigenvalue weighted by molar-refractivity contribution is -0.365. The molecule has 0 radical (unpaired) electrons. The highest BCUT2D eigenvalue weighted by atomic mass is 16.8. The molecule has 0 aromatic heterocycles. The molecule has 0 aromatic carbocycles. The molecule has 4 rings (SSSR count). The highest BCUT2D eigenvalue weighted by Crippen LogP contribution is 2.42. The minimum Gasteiger partial charge on any atom is -0.477 e. The first-order valence-corrected chi connectivity index (χ1v) is 42.6. The Labute approximate surface area is 695 Å². The average Bonchev–Trinajstić information content (AvgIpc) is 0.745. The number of aliphatic carboxylic acids is 3. The van der Waals surface area contributed by atoms with Gasteiger partial charge >= 0.3 is 17.9 Å². The molecule has 27 atom stereocenters.